The molecule has 1 aromatic carbocycles. The Morgan fingerprint density at radius 3 is 2.72 bits per heavy atom. The molecular weight excluding hydrogens is 320 g/mol. The van der Waals surface area contributed by atoms with Crippen molar-refractivity contribution in [1.29, 1.82) is 0 Å². The third-order valence-electron chi connectivity index (χ3n) is 3.95. The summed E-state index contributed by atoms with van der Waals surface area (Å²) >= 11 is 0. The molecule has 7 heteroatoms. The van der Waals surface area contributed by atoms with Crippen molar-refractivity contribution in [2.75, 3.05) is 26.1 Å². The number of nitrogens with zero attached hydrogens (tertiary/aromatic N) is 2. The van der Waals surface area contributed by atoms with E-state index in [1.807, 2.05) is 18.2 Å². The Morgan fingerprint density at radius 1 is 1.20 bits per heavy atom. The van der Waals surface area contributed by atoms with E-state index in [1.165, 1.54) is 0 Å². The highest BCUT2D eigenvalue weighted by atomic mass is 16.5. The van der Waals surface area contributed by atoms with Crippen LogP contribution in [0.2, 0.25) is 0 Å². The van der Waals surface area contributed by atoms with Crippen LogP contribution in [-0.2, 0) is 6.42 Å². The van der Waals surface area contributed by atoms with Gasteiger partial charge in [0, 0.05) is 18.8 Å². The smallest absolute Gasteiger partial charge is 0.270 e. The number of methoxy groups -OCH3 is 2. The topological polar surface area (TPSA) is 85.4 Å². The zero-order valence-corrected chi connectivity index (χ0v) is 14.4. The van der Waals surface area contributed by atoms with Crippen LogP contribution >= 0.6 is 0 Å². The number of carbonyl (C=O) groups is 1. The van der Waals surface area contributed by atoms with E-state index in [4.69, 9.17) is 9.47 Å². The summed E-state index contributed by atoms with van der Waals surface area (Å²) in [6.45, 7) is 0.642. The van der Waals surface area contributed by atoms with Crippen molar-refractivity contribution in [1.82, 2.24) is 15.3 Å². The minimum absolute atomic E-state index is 0.146. The molecule has 1 amide bonds. The average Bonchev–Trinajstić information content (AvgIpc) is 3.45. The van der Waals surface area contributed by atoms with Crippen LogP contribution in [0.1, 0.15) is 28.9 Å². The van der Waals surface area contributed by atoms with Crippen LogP contribution in [0, 0.1) is 0 Å². The maximum atomic E-state index is 12.0. The lowest BCUT2D eigenvalue weighted by atomic mass is 10.1. The van der Waals surface area contributed by atoms with E-state index in [1.54, 1.807) is 26.5 Å². The summed E-state index contributed by atoms with van der Waals surface area (Å²) in [5.74, 6) is 1.71. The second kappa shape index (κ2) is 7.83. The third kappa shape index (κ3) is 4.59. The van der Waals surface area contributed by atoms with Crippen molar-refractivity contribution in [3.63, 3.8) is 0 Å². The number of hydrogen-bond donors (Lipinski definition) is 2. The van der Waals surface area contributed by atoms with E-state index in [0.29, 0.717) is 35.7 Å². The Balaban J connectivity index is 1.55. The molecule has 2 N–H and O–H groups in total. The number of hydrogen-bond acceptors (Lipinski definition) is 6. The summed E-state index contributed by atoms with van der Waals surface area (Å²) in [5, 5.41) is 6.07. The number of anilines is 1. The summed E-state index contributed by atoms with van der Waals surface area (Å²) in [7, 11) is 3.23. The maximum Gasteiger partial charge on any atom is 0.270 e. The van der Waals surface area contributed by atoms with E-state index in [0.717, 1.165) is 24.8 Å². The molecule has 7 nitrogen and oxygen atoms in total. The Morgan fingerprint density at radius 2 is 2.00 bits per heavy atom. The van der Waals surface area contributed by atoms with Gasteiger partial charge in [0.05, 0.1) is 14.2 Å². The molecule has 0 bridgehead atoms. The molecule has 3 rings (SSSR count). The number of carbonyl (C=O) groups excluding carboxylic acids is 1. The Hall–Kier alpha value is -2.83. The number of ether oxygens (including phenoxy) is 2. The molecule has 2 aromatic rings. The van der Waals surface area contributed by atoms with Crippen molar-refractivity contribution >= 4 is 11.9 Å². The monoisotopic (exact) mass is 342 g/mol. The molecular formula is C18H22N4O3. The minimum atomic E-state index is -0.146. The number of amides is 1. The molecule has 0 saturated heterocycles. The van der Waals surface area contributed by atoms with Gasteiger partial charge in [-0.1, -0.05) is 6.07 Å². The normalized spacial score (nSPS) is 13.2. The molecule has 0 aliphatic heterocycles. The van der Waals surface area contributed by atoms with E-state index >= 15 is 0 Å². The second-order valence-electron chi connectivity index (χ2n) is 5.88. The lowest BCUT2D eigenvalue weighted by Crippen LogP contribution is -2.26. The highest BCUT2D eigenvalue weighted by Gasteiger charge is 2.24. The summed E-state index contributed by atoms with van der Waals surface area (Å²) in [5.41, 5.74) is 1.49. The van der Waals surface area contributed by atoms with Gasteiger partial charge >= 0.3 is 0 Å². The zero-order valence-electron chi connectivity index (χ0n) is 14.4. The van der Waals surface area contributed by atoms with E-state index in [-0.39, 0.29) is 5.91 Å². The molecule has 1 heterocycles. The minimum Gasteiger partial charge on any atom is -0.493 e. The predicted octanol–water partition coefficient (Wildman–Crippen LogP) is 2.04. The van der Waals surface area contributed by atoms with Gasteiger partial charge in [0.15, 0.2) is 11.5 Å². The Kier molecular flexibility index (Phi) is 5.33. The average molecular weight is 342 g/mol. The first kappa shape index (κ1) is 17.0. The molecule has 25 heavy (non-hydrogen) atoms. The fraction of sp³-hybridized carbons (Fsp3) is 0.389. The molecule has 1 aromatic heterocycles. The Labute approximate surface area is 146 Å². The summed E-state index contributed by atoms with van der Waals surface area (Å²) in [4.78, 5) is 20.4. The quantitative estimate of drug-likeness (QED) is 0.764. The standard InChI is InChI=1S/C18H22N4O3/c1-24-15-6-3-12(11-16(15)25-2)7-9-19-18-20-10-8-14(22-18)17(23)21-13-4-5-13/h3,6,8,10-11,13H,4-5,7,9H2,1-2H3,(H,21,23)(H,19,20,22). The van der Waals surface area contributed by atoms with Crippen LogP contribution in [-0.4, -0.2) is 42.7 Å². The van der Waals surface area contributed by atoms with Gasteiger partial charge in [-0.05, 0) is 43.0 Å². The van der Waals surface area contributed by atoms with Crippen LogP contribution in [0.3, 0.4) is 0 Å². The van der Waals surface area contributed by atoms with Gasteiger partial charge < -0.3 is 20.1 Å². The van der Waals surface area contributed by atoms with Gasteiger partial charge in [-0.15, -0.1) is 0 Å². The van der Waals surface area contributed by atoms with Crippen molar-refractivity contribution in [2.45, 2.75) is 25.3 Å². The van der Waals surface area contributed by atoms with Gasteiger partial charge in [0.1, 0.15) is 5.69 Å². The van der Waals surface area contributed by atoms with Gasteiger partial charge in [-0.2, -0.15) is 0 Å². The van der Waals surface area contributed by atoms with E-state index in [2.05, 4.69) is 20.6 Å². The molecule has 1 saturated carbocycles. The van der Waals surface area contributed by atoms with Gasteiger partial charge in [0.25, 0.3) is 5.91 Å². The molecule has 0 radical (unpaired) electrons. The summed E-state index contributed by atoms with van der Waals surface area (Å²) < 4.78 is 10.5. The van der Waals surface area contributed by atoms with E-state index < -0.39 is 0 Å². The van der Waals surface area contributed by atoms with Crippen molar-refractivity contribution < 1.29 is 14.3 Å². The Bertz CT molecular complexity index is 747. The second-order valence-corrected chi connectivity index (χ2v) is 5.88. The molecule has 132 valence electrons. The van der Waals surface area contributed by atoms with Crippen LogP contribution in [0.15, 0.2) is 30.5 Å². The fourth-order valence-corrected chi connectivity index (χ4v) is 2.41. The van der Waals surface area contributed by atoms with Crippen LogP contribution in [0.5, 0.6) is 11.5 Å². The third-order valence-corrected chi connectivity index (χ3v) is 3.95. The van der Waals surface area contributed by atoms with Gasteiger partial charge in [0.2, 0.25) is 5.95 Å². The molecule has 0 unspecified atom stereocenters. The van der Waals surface area contributed by atoms with E-state index in [9.17, 15) is 4.79 Å². The van der Waals surface area contributed by atoms with Crippen LogP contribution in [0.25, 0.3) is 0 Å². The first-order chi connectivity index (χ1) is 12.2. The lowest BCUT2D eigenvalue weighted by molar-refractivity contribution is 0.0946. The van der Waals surface area contributed by atoms with Gasteiger partial charge in [-0.25, -0.2) is 9.97 Å². The largest absolute Gasteiger partial charge is 0.493 e. The number of benzene rings is 1. The summed E-state index contributed by atoms with van der Waals surface area (Å²) in [6.07, 6.45) is 4.45. The first-order valence-electron chi connectivity index (χ1n) is 8.28. The number of aromatic nitrogens is 2. The predicted molar refractivity (Wildman–Crippen MR) is 94.3 cm³/mol. The van der Waals surface area contributed by atoms with Crippen molar-refractivity contribution in [2.24, 2.45) is 0 Å². The van der Waals surface area contributed by atoms with Crippen molar-refractivity contribution in [3.8, 4) is 11.5 Å². The highest BCUT2D eigenvalue weighted by molar-refractivity contribution is 5.92. The zero-order chi connectivity index (χ0) is 17.6. The lowest BCUT2D eigenvalue weighted by Gasteiger charge is -2.10. The maximum absolute atomic E-state index is 12.0. The highest BCUT2D eigenvalue weighted by Crippen LogP contribution is 2.27. The molecule has 1 aliphatic carbocycles. The molecule has 1 aliphatic rings. The molecule has 0 atom stereocenters. The first-order valence-corrected chi connectivity index (χ1v) is 8.28. The number of rotatable bonds is 8. The van der Waals surface area contributed by atoms with Crippen molar-refractivity contribution in [3.05, 3.63) is 41.7 Å². The summed E-state index contributed by atoms with van der Waals surface area (Å²) in [6, 6.07) is 7.75. The number of nitrogens with one attached hydrogen (secondary N) is 2. The molecule has 0 spiro atoms. The van der Waals surface area contributed by atoms with Crippen LogP contribution in [0.4, 0.5) is 5.95 Å². The van der Waals surface area contributed by atoms with Crippen LogP contribution < -0.4 is 20.1 Å². The fourth-order valence-electron chi connectivity index (χ4n) is 2.41. The molecule has 1 fully saturated rings. The SMILES string of the molecule is COc1ccc(CCNc2nccc(C(=O)NC3CC3)n2)cc1OC. The van der Waals surface area contributed by atoms with Gasteiger partial charge in [-0.3, -0.25) is 4.79 Å².